The Labute approximate surface area is 140 Å². The van der Waals surface area contributed by atoms with E-state index in [0.29, 0.717) is 23.8 Å². The van der Waals surface area contributed by atoms with Gasteiger partial charge in [-0.1, -0.05) is 25.1 Å². The zero-order valence-corrected chi connectivity index (χ0v) is 13.6. The van der Waals surface area contributed by atoms with Gasteiger partial charge in [-0.2, -0.15) is 0 Å². The molecule has 0 aliphatic carbocycles. The molecule has 1 aromatic carbocycles. The summed E-state index contributed by atoms with van der Waals surface area (Å²) in [5.41, 5.74) is 8.69. The zero-order chi connectivity index (χ0) is 16.9. The predicted molar refractivity (Wildman–Crippen MR) is 94.5 cm³/mol. The van der Waals surface area contributed by atoms with Crippen molar-refractivity contribution in [3.63, 3.8) is 0 Å². The number of amides is 1. The number of nitrogens with two attached hydrogens (primary N) is 1. The molecule has 6 heteroatoms. The van der Waals surface area contributed by atoms with E-state index in [1.807, 2.05) is 43.3 Å². The van der Waals surface area contributed by atoms with E-state index in [4.69, 9.17) is 5.73 Å². The molecule has 0 bridgehead atoms. The quantitative estimate of drug-likeness (QED) is 0.649. The number of benzene rings is 1. The van der Waals surface area contributed by atoms with Crippen molar-refractivity contribution < 1.29 is 4.79 Å². The lowest BCUT2D eigenvalue weighted by molar-refractivity contribution is 0.0947. The summed E-state index contributed by atoms with van der Waals surface area (Å²) >= 11 is 0. The minimum absolute atomic E-state index is 0.111. The van der Waals surface area contributed by atoms with Gasteiger partial charge in [0.2, 0.25) is 0 Å². The minimum atomic E-state index is -0.198. The number of imidazole rings is 1. The summed E-state index contributed by atoms with van der Waals surface area (Å²) in [6, 6.07) is 13.2. The molecule has 1 amide bonds. The molecule has 6 nitrogen and oxygen atoms in total. The summed E-state index contributed by atoms with van der Waals surface area (Å²) in [5, 5.41) is 2.86. The first kappa shape index (κ1) is 16.1. The van der Waals surface area contributed by atoms with Crippen LogP contribution in [0.25, 0.3) is 22.6 Å². The summed E-state index contributed by atoms with van der Waals surface area (Å²) < 4.78 is 0. The standard InChI is InChI=1S/C18H21N5O/c1-2-12(19)10-11-20-18(24)16-9-5-8-15(21-16)17-22-13-6-3-4-7-14(13)23-17/h3-9,12H,2,10-11,19H2,1H3,(H,20,24)(H,22,23). The van der Waals surface area contributed by atoms with Gasteiger partial charge in [0.15, 0.2) is 5.82 Å². The number of para-hydroxylation sites is 2. The highest BCUT2D eigenvalue weighted by Crippen LogP contribution is 2.18. The molecule has 3 rings (SSSR count). The average Bonchev–Trinajstić information content (AvgIpc) is 3.05. The van der Waals surface area contributed by atoms with Crippen LogP contribution in [-0.4, -0.2) is 33.4 Å². The van der Waals surface area contributed by atoms with Crippen LogP contribution in [0.2, 0.25) is 0 Å². The van der Waals surface area contributed by atoms with Crippen molar-refractivity contribution in [1.29, 1.82) is 0 Å². The third-order valence-electron chi connectivity index (χ3n) is 3.94. The van der Waals surface area contributed by atoms with E-state index >= 15 is 0 Å². The van der Waals surface area contributed by atoms with Gasteiger partial charge in [0.1, 0.15) is 11.4 Å². The highest BCUT2D eigenvalue weighted by Gasteiger charge is 2.11. The summed E-state index contributed by atoms with van der Waals surface area (Å²) in [5.74, 6) is 0.454. The maximum absolute atomic E-state index is 12.2. The second-order valence-electron chi connectivity index (χ2n) is 5.72. The van der Waals surface area contributed by atoms with Gasteiger partial charge >= 0.3 is 0 Å². The second-order valence-corrected chi connectivity index (χ2v) is 5.72. The molecule has 0 saturated heterocycles. The highest BCUT2D eigenvalue weighted by molar-refractivity contribution is 5.92. The zero-order valence-electron chi connectivity index (χ0n) is 13.6. The number of H-pyrrole nitrogens is 1. The first-order valence-corrected chi connectivity index (χ1v) is 8.13. The Bertz CT molecular complexity index is 809. The Morgan fingerprint density at radius 3 is 2.83 bits per heavy atom. The number of nitrogens with one attached hydrogen (secondary N) is 2. The monoisotopic (exact) mass is 323 g/mol. The third-order valence-corrected chi connectivity index (χ3v) is 3.94. The van der Waals surface area contributed by atoms with Gasteiger partial charge in [-0.05, 0) is 37.1 Å². The van der Waals surface area contributed by atoms with Gasteiger partial charge in [-0.3, -0.25) is 4.79 Å². The van der Waals surface area contributed by atoms with Crippen molar-refractivity contribution in [1.82, 2.24) is 20.3 Å². The molecule has 1 unspecified atom stereocenters. The number of hydrogen-bond donors (Lipinski definition) is 3. The minimum Gasteiger partial charge on any atom is -0.351 e. The SMILES string of the molecule is CCC(N)CCNC(=O)c1cccc(-c2nc3ccccc3[nH]2)n1. The second kappa shape index (κ2) is 7.23. The van der Waals surface area contributed by atoms with Crippen molar-refractivity contribution in [2.24, 2.45) is 5.73 Å². The van der Waals surface area contributed by atoms with Crippen molar-refractivity contribution in [2.45, 2.75) is 25.8 Å². The van der Waals surface area contributed by atoms with Crippen LogP contribution in [0, 0.1) is 0 Å². The summed E-state index contributed by atoms with van der Waals surface area (Å²) in [7, 11) is 0. The van der Waals surface area contributed by atoms with Crippen molar-refractivity contribution in [3.05, 3.63) is 48.2 Å². The molecule has 124 valence electrons. The Balaban J connectivity index is 1.75. The average molecular weight is 323 g/mol. The summed E-state index contributed by atoms with van der Waals surface area (Å²) in [4.78, 5) is 24.4. The number of hydrogen-bond acceptors (Lipinski definition) is 4. The fraction of sp³-hybridized carbons (Fsp3) is 0.278. The van der Waals surface area contributed by atoms with Crippen LogP contribution in [0.1, 0.15) is 30.3 Å². The molecule has 24 heavy (non-hydrogen) atoms. The lowest BCUT2D eigenvalue weighted by Gasteiger charge is -2.09. The molecule has 2 aromatic heterocycles. The molecule has 2 heterocycles. The molecule has 0 spiro atoms. The topological polar surface area (TPSA) is 96.7 Å². The van der Waals surface area contributed by atoms with Gasteiger partial charge in [-0.25, -0.2) is 9.97 Å². The van der Waals surface area contributed by atoms with Gasteiger partial charge < -0.3 is 16.0 Å². The molecule has 1 atom stereocenters. The van der Waals surface area contributed by atoms with Crippen LogP contribution >= 0.6 is 0 Å². The molecule has 0 aliphatic heterocycles. The van der Waals surface area contributed by atoms with Crippen LogP contribution in [0.3, 0.4) is 0 Å². The van der Waals surface area contributed by atoms with Gasteiger partial charge in [0.25, 0.3) is 5.91 Å². The predicted octanol–water partition coefficient (Wildman–Crippen LogP) is 2.48. The largest absolute Gasteiger partial charge is 0.351 e. The van der Waals surface area contributed by atoms with E-state index in [1.54, 1.807) is 6.07 Å². The van der Waals surface area contributed by atoms with E-state index in [9.17, 15) is 4.79 Å². The van der Waals surface area contributed by atoms with E-state index in [-0.39, 0.29) is 11.9 Å². The number of carbonyl (C=O) groups is 1. The number of fused-ring (bicyclic) bond motifs is 1. The first-order valence-electron chi connectivity index (χ1n) is 8.13. The number of rotatable bonds is 6. The third kappa shape index (κ3) is 3.60. The number of nitrogens with zero attached hydrogens (tertiary/aromatic N) is 2. The lowest BCUT2D eigenvalue weighted by atomic mass is 10.2. The Hall–Kier alpha value is -2.73. The molecule has 0 radical (unpaired) electrons. The van der Waals surface area contributed by atoms with Crippen molar-refractivity contribution in [2.75, 3.05) is 6.54 Å². The van der Waals surface area contributed by atoms with E-state index < -0.39 is 0 Å². The molecule has 4 N–H and O–H groups in total. The summed E-state index contributed by atoms with van der Waals surface area (Å²) in [6.07, 6.45) is 1.65. The molecule has 0 saturated carbocycles. The van der Waals surface area contributed by atoms with E-state index in [0.717, 1.165) is 23.9 Å². The maximum atomic E-state index is 12.2. The number of aromatic nitrogens is 3. The van der Waals surface area contributed by atoms with Crippen LogP contribution in [0.5, 0.6) is 0 Å². The smallest absolute Gasteiger partial charge is 0.269 e. The van der Waals surface area contributed by atoms with Crippen LogP contribution in [0.15, 0.2) is 42.5 Å². The number of aromatic amines is 1. The van der Waals surface area contributed by atoms with Crippen molar-refractivity contribution in [3.8, 4) is 11.5 Å². The lowest BCUT2D eigenvalue weighted by Crippen LogP contribution is -2.30. The van der Waals surface area contributed by atoms with E-state index in [2.05, 4.69) is 20.3 Å². The van der Waals surface area contributed by atoms with Gasteiger partial charge in [0.05, 0.1) is 11.0 Å². The molecular formula is C18H21N5O. The fourth-order valence-corrected chi connectivity index (χ4v) is 2.43. The normalized spacial score (nSPS) is 12.2. The Morgan fingerprint density at radius 1 is 1.21 bits per heavy atom. The van der Waals surface area contributed by atoms with E-state index in [1.165, 1.54) is 0 Å². The van der Waals surface area contributed by atoms with Crippen LogP contribution < -0.4 is 11.1 Å². The first-order chi connectivity index (χ1) is 11.7. The molecule has 0 fully saturated rings. The fourth-order valence-electron chi connectivity index (χ4n) is 2.43. The Morgan fingerprint density at radius 2 is 2.04 bits per heavy atom. The molecule has 0 aliphatic rings. The van der Waals surface area contributed by atoms with Crippen molar-refractivity contribution >= 4 is 16.9 Å². The summed E-state index contributed by atoms with van der Waals surface area (Å²) in [6.45, 7) is 2.58. The number of pyridine rings is 1. The Kier molecular flexibility index (Phi) is 4.86. The molecule has 3 aromatic rings. The van der Waals surface area contributed by atoms with Gasteiger partial charge in [0, 0.05) is 12.6 Å². The molecular weight excluding hydrogens is 302 g/mol. The number of carbonyl (C=O) groups excluding carboxylic acids is 1. The highest BCUT2D eigenvalue weighted by atomic mass is 16.1. The van der Waals surface area contributed by atoms with Gasteiger partial charge in [-0.15, -0.1) is 0 Å². The maximum Gasteiger partial charge on any atom is 0.269 e. The van der Waals surface area contributed by atoms with Crippen LogP contribution in [0.4, 0.5) is 0 Å². The van der Waals surface area contributed by atoms with Crippen LogP contribution in [-0.2, 0) is 0 Å².